The van der Waals surface area contributed by atoms with Crippen molar-refractivity contribution in [1.29, 1.82) is 0 Å². The fourth-order valence-electron chi connectivity index (χ4n) is 1.59. The molecule has 0 spiro atoms. The predicted octanol–water partition coefficient (Wildman–Crippen LogP) is 1.33. The minimum absolute atomic E-state index is 0.0681. The van der Waals surface area contributed by atoms with Crippen LogP contribution in [0.25, 0.3) is 0 Å². The van der Waals surface area contributed by atoms with Gasteiger partial charge >= 0.3 is 0 Å². The molecule has 1 amide bonds. The zero-order valence-electron chi connectivity index (χ0n) is 7.46. The molecule has 0 radical (unpaired) electrons. The highest BCUT2D eigenvalue weighted by atomic mass is 16.5. The SMILES string of the molecule is COCc1cccc2c1NC(=O)C2. The molecule has 68 valence electrons. The average molecular weight is 177 g/mol. The maximum Gasteiger partial charge on any atom is 0.228 e. The van der Waals surface area contributed by atoms with Gasteiger partial charge in [-0.05, 0) is 5.56 Å². The van der Waals surface area contributed by atoms with Gasteiger partial charge in [0.05, 0.1) is 13.0 Å². The number of hydrogen-bond acceptors (Lipinski definition) is 2. The van der Waals surface area contributed by atoms with Gasteiger partial charge in [-0.2, -0.15) is 0 Å². The highest BCUT2D eigenvalue weighted by molar-refractivity contribution is 5.99. The van der Waals surface area contributed by atoms with E-state index in [-0.39, 0.29) is 5.91 Å². The van der Waals surface area contributed by atoms with E-state index in [0.29, 0.717) is 13.0 Å². The van der Waals surface area contributed by atoms with Crippen LogP contribution in [0.4, 0.5) is 5.69 Å². The number of carbonyl (C=O) groups is 1. The van der Waals surface area contributed by atoms with E-state index in [1.54, 1.807) is 7.11 Å². The highest BCUT2D eigenvalue weighted by Crippen LogP contribution is 2.27. The lowest BCUT2D eigenvalue weighted by atomic mass is 10.1. The zero-order chi connectivity index (χ0) is 9.26. The van der Waals surface area contributed by atoms with Crippen LogP contribution in [-0.4, -0.2) is 13.0 Å². The lowest BCUT2D eigenvalue weighted by Crippen LogP contribution is -2.05. The van der Waals surface area contributed by atoms with Gasteiger partial charge in [0.15, 0.2) is 0 Å². The molecule has 1 N–H and O–H groups in total. The molecule has 1 aromatic rings. The molecule has 0 unspecified atom stereocenters. The summed E-state index contributed by atoms with van der Waals surface area (Å²) in [5.74, 6) is 0.0681. The Morgan fingerprint density at radius 3 is 3.15 bits per heavy atom. The Kier molecular flexibility index (Phi) is 2.02. The summed E-state index contributed by atoms with van der Waals surface area (Å²) in [6.45, 7) is 0.545. The molecular weight excluding hydrogens is 166 g/mol. The number of anilines is 1. The first kappa shape index (κ1) is 8.26. The summed E-state index contributed by atoms with van der Waals surface area (Å²) in [7, 11) is 1.65. The van der Waals surface area contributed by atoms with Crippen molar-refractivity contribution in [2.45, 2.75) is 13.0 Å². The van der Waals surface area contributed by atoms with Crippen molar-refractivity contribution in [3.05, 3.63) is 29.3 Å². The third-order valence-electron chi connectivity index (χ3n) is 2.15. The van der Waals surface area contributed by atoms with Crippen LogP contribution < -0.4 is 5.32 Å². The fraction of sp³-hybridized carbons (Fsp3) is 0.300. The number of fused-ring (bicyclic) bond motifs is 1. The Hall–Kier alpha value is -1.35. The Balaban J connectivity index is 2.39. The number of rotatable bonds is 2. The van der Waals surface area contributed by atoms with Crippen LogP contribution in [0.1, 0.15) is 11.1 Å². The van der Waals surface area contributed by atoms with Crippen LogP contribution >= 0.6 is 0 Å². The molecule has 3 heteroatoms. The lowest BCUT2D eigenvalue weighted by Gasteiger charge is -2.05. The first-order valence-electron chi connectivity index (χ1n) is 4.21. The molecule has 2 rings (SSSR count). The fourth-order valence-corrected chi connectivity index (χ4v) is 1.59. The number of hydrogen-bond donors (Lipinski definition) is 1. The molecule has 0 bridgehead atoms. The highest BCUT2D eigenvalue weighted by Gasteiger charge is 2.19. The quantitative estimate of drug-likeness (QED) is 0.740. The molecule has 0 saturated heterocycles. The number of carbonyl (C=O) groups excluding carboxylic acids is 1. The summed E-state index contributed by atoms with van der Waals surface area (Å²) in [5.41, 5.74) is 3.06. The van der Waals surface area contributed by atoms with Gasteiger partial charge in [-0.15, -0.1) is 0 Å². The summed E-state index contributed by atoms with van der Waals surface area (Å²) in [6, 6.07) is 5.88. The van der Waals surface area contributed by atoms with Crippen LogP contribution in [0.2, 0.25) is 0 Å². The summed E-state index contributed by atoms with van der Waals surface area (Å²) in [5, 5.41) is 2.83. The van der Waals surface area contributed by atoms with Crippen molar-refractivity contribution < 1.29 is 9.53 Å². The third kappa shape index (κ3) is 1.42. The van der Waals surface area contributed by atoms with E-state index in [1.807, 2.05) is 18.2 Å². The monoisotopic (exact) mass is 177 g/mol. The number of ether oxygens (including phenoxy) is 1. The summed E-state index contributed by atoms with van der Waals surface area (Å²) in [4.78, 5) is 11.1. The molecular formula is C10H11NO2. The minimum Gasteiger partial charge on any atom is -0.380 e. The number of methoxy groups -OCH3 is 1. The molecule has 3 nitrogen and oxygen atoms in total. The molecule has 1 aliphatic rings. The predicted molar refractivity (Wildman–Crippen MR) is 49.5 cm³/mol. The van der Waals surface area contributed by atoms with Crippen LogP contribution in [0.15, 0.2) is 18.2 Å². The van der Waals surface area contributed by atoms with E-state index >= 15 is 0 Å². The van der Waals surface area contributed by atoms with Gasteiger partial charge in [0.1, 0.15) is 0 Å². The largest absolute Gasteiger partial charge is 0.380 e. The second-order valence-corrected chi connectivity index (χ2v) is 3.11. The number of para-hydroxylation sites is 1. The van der Waals surface area contributed by atoms with Gasteiger partial charge in [0.2, 0.25) is 5.91 Å². The van der Waals surface area contributed by atoms with E-state index < -0.39 is 0 Å². The number of nitrogens with one attached hydrogen (secondary N) is 1. The molecule has 1 aliphatic heterocycles. The Morgan fingerprint density at radius 1 is 1.54 bits per heavy atom. The van der Waals surface area contributed by atoms with Crippen LogP contribution in [0.5, 0.6) is 0 Å². The molecule has 1 aromatic carbocycles. The Labute approximate surface area is 76.7 Å². The van der Waals surface area contributed by atoms with Gasteiger partial charge in [0, 0.05) is 18.4 Å². The van der Waals surface area contributed by atoms with Gasteiger partial charge in [-0.1, -0.05) is 18.2 Å². The van der Waals surface area contributed by atoms with E-state index in [4.69, 9.17) is 4.74 Å². The molecule has 1 heterocycles. The summed E-state index contributed by atoms with van der Waals surface area (Å²) < 4.78 is 5.04. The normalized spacial score (nSPS) is 14.1. The summed E-state index contributed by atoms with van der Waals surface area (Å²) >= 11 is 0. The minimum atomic E-state index is 0.0681. The molecule has 0 aromatic heterocycles. The summed E-state index contributed by atoms with van der Waals surface area (Å²) in [6.07, 6.45) is 0.493. The van der Waals surface area contributed by atoms with Crippen molar-refractivity contribution in [2.75, 3.05) is 12.4 Å². The third-order valence-corrected chi connectivity index (χ3v) is 2.15. The lowest BCUT2D eigenvalue weighted by molar-refractivity contribution is -0.115. The van der Waals surface area contributed by atoms with Crippen molar-refractivity contribution in [1.82, 2.24) is 0 Å². The second kappa shape index (κ2) is 3.18. The smallest absolute Gasteiger partial charge is 0.228 e. The Bertz CT molecular complexity index is 347. The molecule has 0 atom stereocenters. The van der Waals surface area contributed by atoms with E-state index in [9.17, 15) is 4.79 Å². The Morgan fingerprint density at radius 2 is 2.38 bits per heavy atom. The van der Waals surface area contributed by atoms with Gasteiger partial charge in [0.25, 0.3) is 0 Å². The average Bonchev–Trinajstić information content (AvgIpc) is 2.47. The van der Waals surface area contributed by atoms with Crippen LogP contribution in [0, 0.1) is 0 Å². The molecule has 0 saturated carbocycles. The van der Waals surface area contributed by atoms with Gasteiger partial charge in [-0.25, -0.2) is 0 Å². The maximum atomic E-state index is 11.1. The molecule has 0 aliphatic carbocycles. The van der Waals surface area contributed by atoms with Crippen molar-refractivity contribution in [3.63, 3.8) is 0 Å². The van der Waals surface area contributed by atoms with E-state index in [2.05, 4.69) is 5.32 Å². The maximum absolute atomic E-state index is 11.1. The molecule has 0 fully saturated rings. The second-order valence-electron chi connectivity index (χ2n) is 3.11. The van der Waals surface area contributed by atoms with E-state index in [1.165, 1.54) is 0 Å². The van der Waals surface area contributed by atoms with Crippen molar-refractivity contribution >= 4 is 11.6 Å². The van der Waals surface area contributed by atoms with E-state index in [0.717, 1.165) is 16.8 Å². The standard InChI is InChI=1S/C10H11NO2/c1-13-6-8-4-2-3-7-5-9(12)11-10(7)8/h2-4H,5-6H2,1H3,(H,11,12). The van der Waals surface area contributed by atoms with Crippen LogP contribution in [0.3, 0.4) is 0 Å². The van der Waals surface area contributed by atoms with Gasteiger partial charge < -0.3 is 10.1 Å². The van der Waals surface area contributed by atoms with Crippen molar-refractivity contribution in [3.8, 4) is 0 Å². The first-order chi connectivity index (χ1) is 6.31. The number of benzene rings is 1. The first-order valence-corrected chi connectivity index (χ1v) is 4.21. The van der Waals surface area contributed by atoms with Crippen LogP contribution in [-0.2, 0) is 22.6 Å². The van der Waals surface area contributed by atoms with Gasteiger partial charge in [-0.3, -0.25) is 4.79 Å². The zero-order valence-corrected chi connectivity index (χ0v) is 7.46. The van der Waals surface area contributed by atoms with Crippen molar-refractivity contribution in [2.24, 2.45) is 0 Å². The topological polar surface area (TPSA) is 38.3 Å². The molecule has 13 heavy (non-hydrogen) atoms. The number of amides is 1.